The molecule has 8 nitrogen and oxygen atoms in total. The Labute approximate surface area is 234 Å². The minimum Gasteiger partial charge on any atom is -0.456 e. The Balaban J connectivity index is 1.22. The molecule has 3 amide bonds. The molecule has 0 radical (unpaired) electrons. The number of nitrogens with one attached hydrogen (secondary N) is 2. The molecule has 0 saturated carbocycles. The van der Waals surface area contributed by atoms with Gasteiger partial charge in [-0.1, -0.05) is 54.6 Å². The van der Waals surface area contributed by atoms with Gasteiger partial charge in [-0.2, -0.15) is 0 Å². The summed E-state index contributed by atoms with van der Waals surface area (Å²) in [6, 6.07) is 25.4. The summed E-state index contributed by atoms with van der Waals surface area (Å²) >= 11 is 0. The molecule has 0 atom stereocenters. The number of hydrogen-bond acceptors (Lipinski definition) is 5. The Morgan fingerprint density at radius 1 is 0.875 bits per heavy atom. The lowest BCUT2D eigenvalue weighted by Gasteiger charge is -2.35. The summed E-state index contributed by atoms with van der Waals surface area (Å²) in [4.78, 5) is 29.1. The van der Waals surface area contributed by atoms with Crippen molar-refractivity contribution in [1.82, 2.24) is 15.1 Å². The van der Waals surface area contributed by atoms with E-state index in [1.54, 1.807) is 4.90 Å². The first-order valence-electron chi connectivity index (χ1n) is 13.6. The van der Waals surface area contributed by atoms with Gasteiger partial charge in [-0.3, -0.25) is 4.90 Å². The van der Waals surface area contributed by atoms with Crippen molar-refractivity contribution in [3.63, 3.8) is 0 Å². The summed E-state index contributed by atoms with van der Waals surface area (Å²) in [6.45, 7) is 9.73. The van der Waals surface area contributed by atoms with E-state index in [9.17, 15) is 9.59 Å². The highest BCUT2D eigenvalue weighted by atomic mass is 16.6. The number of furan rings is 1. The number of urea groups is 1. The van der Waals surface area contributed by atoms with Gasteiger partial charge in [-0.05, 0) is 56.2 Å². The average Bonchev–Trinajstić information content (AvgIpc) is 3.35. The van der Waals surface area contributed by atoms with Crippen LogP contribution in [-0.2, 0) is 17.8 Å². The minimum absolute atomic E-state index is 0.250. The molecule has 3 aromatic carbocycles. The second-order valence-corrected chi connectivity index (χ2v) is 11.1. The van der Waals surface area contributed by atoms with E-state index < -0.39 is 5.60 Å². The second kappa shape index (κ2) is 11.8. The first-order chi connectivity index (χ1) is 19.2. The fourth-order valence-electron chi connectivity index (χ4n) is 4.73. The van der Waals surface area contributed by atoms with Gasteiger partial charge in [0.15, 0.2) is 0 Å². The first-order valence-corrected chi connectivity index (χ1v) is 13.6. The van der Waals surface area contributed by atoms with Crippen LogP contribution in [0.2, 0.25) is 0 Å². The molecule has 1 aliphatic heterocycles. The van der Waals surface area contributed by atoms with E-state index >= 15 is 0 Å². The zero-order valence-corrected chi connectivity index (χ0v) is 23.3. The van der Waals surface area contributed by atoms with Crippen LogP contribution >= 0.6 is 0 Å². The van der Waals surface area contributed by atoms with Crippen molar-refractivity contribution in [2.75, 3.05) is 31.5 Å². The summed E-state index contributed by atoms with van der Waals surface area (Å²) in [5, 5.41) is 6.86. The van der Waals surface area contributed by atoms with Crippen LogP contribution in [0.4, 0.5) is 15.3 Å². The van der Waals surface area contributed by atoms with Crippen LogP contribution in [0.1, 0.15) is 31.9 Å². The van der Waals surface area contributed by atoms with E-state index in [1.807, 2.05) is 81.4 Å². The molecule has 1 aromatic heterocycles. The third-order valence-electron chi connectivity index (χ3n) is 6.75. The zero-order valence-electron chi connectivity index (χ0n) is 23.3. The summed E-state index contributed by atoms with van der Waals surface area (Å²) in [6.07, 6.45) is -0.250. The molecule has 2 N–H and O–H groups in total. The highest BCUT2D eigenvalue weighted by Gasteiger charge is 2.26. The topological polar surface area (TPSA) is 87.0 Å². The maximum absolute atomic E-state index is 12.6. The number of piperazine rings is 1. The van der Waals surface area contributed by atoms with Crippen molar-refractivity contribution < 1.29 is 18.7 Å². The summed E-state index contributed by atoms with van der Waals surface area (Å²) < 4.78 is 11.8. The number of carbonyl (C=O) groups is 2. The number of hydrogen-bond donors (Lipinski definition) is 2. The smallest absolute Gasteiger partial charge is 0.410 e. The van der Waals surface area contributed by atoms with Crippen molar-refractivity contribution in [3.05, 3.63) is 90.0 Å². The molecular formula is C32H36N4O4. The molecule has 0 bridgehead atoms. The van der Waals surface area contributed by atoms with Gasteiger partial charge in [0.2, 0.25) is 0 Å². The van der Waals surface area contributed by atoms with E-state index in [4.69, 9.17) is 9.15 Å². The van der Waals surface area contributed by atoms with Crippen molar-refractivity contribution in [2.45, 2.75) is 39.5 Å². The number of nitrogens with zero attached hydrogens (tertiary/aromatic N) is 2. The van der Waals surface area contributed by atoms with E-state index in [0.717, 1.165) is 47.3 Å². The van der Waals surface area contributed by atoms with Gasteiger partial charge in [0.1, 0.15) is 16.9 Å². The van der Waals surface area contributed by atoms with Gasteiger partial charge in [0, 0.05) is 50.2 Å². The van der Waals surface area contributed by atoms with Crippen LogP contribution in [0.5, 0.6) is 0 Å². The summed E-state index contributed by atoms with van der Waals surface area (Å²) in [5.41, 5.74) is 3.97. The van der Waals surface area contributed by atoms with Crippen LogP contribution in [0.3, 0.4) is 0 Å². The Kier molecular flexibility index (Phi) is 8.07. The minimum atomic E-state index is -0.489. The van der Waals surface area contributed by atoms with E-state index in [1.165, 1.54) is 0 Å². The largest absolute Gasteiger partial charge is 0.456 e. The fourth-order valence-corrected chi connectivity index (χ4v) is 4.73. The second-order valence-electron chi connectivity index (χ2n) is 11.1. The third kappa shape index (κ3) is 7.01. The zero-order chi connectivity index (χ0) is 28.1. The highest BCUT2D eigenvalue weighted by Crippen LogP contribution is 2.33. The Bertz CT molecular complexity index is 1470. The lowest BCUT2D eigenvalue weighted by atomic mass is 10.1. The van der Waals surface area contributed by atoms with E-state index in [0.29, 0.717) is 31.1 Å². The lowest BCUT2D eigenvalue weighted by molar-refractivity contribution is 0.0139. The number of ether oxygens (including phenoxy) is 1. The van der Waals surface area contributed by atoms with Gasteiger partial charge in [0.05, 0.1) is 5.69 Å². The Hall–Kier alpha value is -4.30. The van der Waals surface area contributed by atoms with Crippen LogP contribution in [-0.4, -0.2) is 53.7 Å². The molecule has 1 aliphatic rings. The molecule has 1 saturated heterocycles. The van der Waals surface area contributed by atoms with Gasteiger partial charge < -0.3 is 24.7 Å². The maximum atomic E-state index is 12.6. The lowest BCUT2D eigenvalue weighted by Crippen LogP contribution is -2.49. The molecule has 1 fully saturated rings. The van der Waals surface area contributed by atoms with Crippen LogP contribution in [0, 0.1) is 0 Å². The van der Waals surface area contributed by atoms with Gasteiger partial charge >= 0.3 is 12.1 Å². The number of fused-ring (bicyclic) bond motifs is 1. The molecule has 208 valence electrons. The molecule has 0 spiro atoms. The van der Waals surface area contributed by atoms with Crippen molar-refractivity contribution >= 4 is 28.8 Å². The van der Waals surface area contributed by atoms with Gasteiger partial charge in [-0.25, -0.2) is 9.59 Å². The predicted molar refractivity (Wildman–Crippen MR) is 157 cm³/mol. The van der Waals surface area contributed by atoms with Crippen LogP contribution in [0.25, 0.3) is 22.3 Å². The molecule has 4 aromatic rings. The maximum Gasteiger partial charge on any atom is 0.410 e. The van der Waals surface area contributed by atoms with Crippen molar-refractivity contribution in [3.8, 4) is 11.3 Å². The van der Waals surface area contributed by atoms with Gasteiger partial charge in [-0.15, -0.1) is 0 Å². The number of rotatable bonds is 6. The SMILES string of the molecule is CC(C)(C)OC(=O)N1CCN(Cc2ccc3cc(-c4ccccc4NC(=O)NCc4ccccc4)oc3c2)CC1. The van der Waals surface area contributed by atoms with Crippen molar-refractivity contribution in [2.24, 2.45) is 0 Å². The number of benzene rings is 3. The number of para-hydroxylation sites is 1. The van der Waals surface area contributed by atoms with E-state index in [-0.39, 0.29) is 12.1 Å². The molecular weight excluding hydrogens is 504 g/mol. The van der Waals surface area contributed by atoms with Crippen molar-refractivity contribution in [1.29, 1.82) is 0 Å². The van der Waals surface area contributed by atoms with Crippen LogP contribution in [0.15, 0.2) is 83.3 Å². The summed E-state index contributed by atoms with van der Waals surface area (Å²) in [7, 11) is 0. The third-order valence-corrected chi connectivity index (χ3v) is 6.75. The monoisotopic (exact) mass is 540 g/mol. The van der Waals surface area contributed by atoms with E-state index in [2.05, 4.69) is 33.7 Å². The Morgan fingerprint density at radius 2 is 1.60 bits per heavy atom. The Morgan fingerprint density at radius 3 is 2.35 bits per heavy atom. The highest BCUT2D eigenvalue weighted by molar-refractivity contribution is 5.95. The van der Waals surface area contributed by atoms with Gasteiger partial charge in [0.25, 0.3) is 0 Å². The number of carbonyl (C=O) groups excluding carboxylic acids is 2. The molecule has 0 unspecified atom stereocenters. The number of amides is 3. The molecule has 2 heterocycles. The molecule has 5 rings (SSSR count). The first kappa shape index (κ1) is 27.3. The standard InChI is InChI=1S/C32H36N4O4/c1-32(2,3)40-31(38)36-17-15-35(16-18-36)22-24-13-14-25-20-29(39-28(25)19-24)26-11-7-8-12-27(26)34-30(37)33-21-23-9-5-4-6-10-23/h4-14,19-20H,15-18,21-22H2,1-3H3,(H2,33,34,37). The average molecular weight is 541 g/mol. The molecule has 0 aliphatic carbocycles. The molecule has 8 heteroatoms. The predicted octanol–water partition coefficient (Wildman–Crippen LogP) is 6.47. The normalized spacial score (nSPS) is 14.2. The number of anilines is 1. The molecule has 40 heavy (non-hydrogen) atoms. The quantitative estimate of drug-likeness (QED) is 0.293. The fraction of sp³-hybridized carbons (Fsp3) is 0.312. The van der Waals surface area contributed by atoms with Crippen LogP contribution < -0.4 is 10.6 Å². The summed E-state index contributed by atoms with van der Waals surface area (Å²) in [5.74, 6) is 0.692.